The van der Waals surface area contributed by atoms with E-state index < -0.39 is 0 Å². The van der Waals surface area contributed by atoms with Gasteiger partial charge in [0.25, 0.3) is 0 Å². The molecule has 1 aromatic rings. The molecule has 0 aliphatic heterocycles. The van der Waals surface area contributed by atoms with Gasteiger partial charge in [-0.1, -0.05) is 40.0 Å². The molecule has 1 unspecified atom stereocenters. The predicted molar refractivity (Wildman–Crippen MR) is 77.5 cm³/mol. The molecule has 0 aromatic carbocycles. The van der Waals surface area contributed by atoms with Crippen LogP contribution in [0.3, 0.4) is 0 Å². The van der Waals surface area contributed by atoms with Gasteiger partial charge in [0, 0.05) is 19.3 Å². The van der Waals surface area contributed by atoms with Crippen molar-refractivity contribution >= 4 is 0 Å². The van der Waals surface area contributed by atoms with Crippen molar-refractivity contribution in [1.82, 2.24) is 14.9 Å². The molecule has 0 saturated heterocycles. The lowest BCUT2D eigenvalue weighted by Crippen LogP contribution is -2.14. The van der Waals surface area contributed by atoms with Crippen molar-refractivity contribution in [2.45, 2.75) is 66.0 Å². The van der Waals surface area contributed by atoms with E-state index in [1.807, 2.05) is 6.33 Å². The van der Waals surface area contributed by atoms with Gasteiger partial charge < -0.3 is 9.88 Å². The molecular formula is C15H29N3. The first kappa shape index (κ1) is 15.2. The van der Waals surface area contributed by atoms with Crippen LogP contribution in [0.25, 0.3) is 0 Å². The summed E-state index contributed by atoms with van der Waals surface area (Å²) in [7, 11) is 0. The molecule has 0 radical (unpaired) electrons. The van der Waals surface area contributed by atoms with E-state index >= 15 is 0 Å². The molecule has 3 heteroatoms. The zero-order valence-corrected chi connectivity index (χ0v) is 12.3. The van der Waals surface area contributed by atoms with Crippen molar-refractivity contribution < 1.29 is 0 Å². The third-order valence-electron chi connectivity index (χ3n) is 3.43. The van der Waals surface area contributed by atoms with Crippen LogP contribution in [0.1, 0.15) is 58.6 Å². The zero-order valence-electron chi connectivity index (χ0n) is 12.3. The second-order valence-corrected chi connectivity index (χ2v) is 5.16. The van der Waals surface area contributed by atoms with E-state index in [1.54, 1.807) is 0 Å². The first-order chi connectivity index (χ1) is 8.80. The van der Waals surface area contributed by atoms with Crippen molar-refractivity contribution in [3.63, 3.8) is 0 Å². The monoisotopic (exact) mass is 251 g/mol. The molecule has 3 nitrogen and oxygen atoms in total. The number of imidazole rings is 1. The van der Waals surface area contributed by atoms with E-state index in [9.17, 15) is 0 Å². The summed E-state index contributed by atoms with van der Waals surface area (Å²) in [6.07, 6.45) is 10.6. The molecule has 0 spiro atoms. The summed E-state index contributed by atoms with van der Waals surface area (Å²) in [5.74, 6) is 0.801. The first-order valence-corrected chi connectivity index (χ1v) is 7.51. The van der Waals surface area contributed by atoms with Crippen molar-refractivity contribution in [2.24, 2.45) is 5.92 Å². The Labute approximate surface area is 112 Å². The van der Waals surface area contributed by atoms with E-state index in [2.05, 4.69) is 41.8 Å². The van der Waals surface area contributed by atoms with Crippen LogP contribution in [0.2, 0.25) is 0 Å². The van der Waals surface area contributed by atoms with Crippen LogP contribution in [0.15, 0.2) is 12.5 Å². The Morgan fingerprint density at radius 3 is 2.78 bits per heavy atom. The topological polar surface area (TPSA) is 29.9 Å². The van der Waals surface area contributed by atoms with Gasteiger partial charge >= 0.3 is 0 Å². The minimum atomic E-state index is 0.801. The Kier molecular flexibility index (Phi) is 7.74. The van der Waals surface area contributed by atoms with E-state index in [0.717, 1.165) is 31.2 Å². The maximum absolute atomic E-state index is 4.46. The summed E-state index contributed by atoms with van der Waals surface area (Å²) in [6, 6.07) is 0. The van der Waals surface area contributed by atoms with Crippen LogP contribution in [-0.2, 0) is 13.1 Å². The fourth-order valence-electron chi connectivity index (χ4n) is 2.21. The average molecular weight is 251 g/mol. The molecule has 1 rings (SSSR count). The van der Waals surface area contributed by atoms with Gasteiger partial charge in [0.05, 0.1) is 12.0 Å². The van der Waals surface area contributed by atoms with Crippen molar-refractivity contribution in [3.8, 4) is 0 Å². The molecule has 1 aromatic heterocycles. The van der Waals surface area contributed by atoms with E-state index in [1.165, 1.54) is 32.1 Å². The molecule has 1 N–H and O–H groups in total. The summed E-state index contributed by atoms with van der Waals surface area (Å²) in [4.78, 5) is 4.46. The van der Waals surface area contributed by atoms with Crippen molar-refractivity contribution in [1.29, 1.82) is 0 Å². The van der Waals surface area contributed by atoms with Gasteiger partial charge in [-0.15, -0.1) is 0 Å². The third kappa shape index (κ3) is 5.67. The minimum Gasteiger partial charge on any atom is -0.337 e. The lowest BCUT2D eigenvalue weighted by Gasteiger charge is -2.14. The highest BCUT2D eigenvalue weighted by molar-refractivity contribution is 4.96. The van der Waals surface area contributed by atoms with Crippen molar-refractivity contribution in [3.05, 3.63) is 18.2 Å². The van der Waals surface area contributed by atoms with Gasteiger partial charge in [0.15, 0.2) is 0 Å². The maximum atomic E-state index is 4.46. The fraction of sp³-hybridized carbons (Fsp3) is 0.800. The molecule has 18 heavy (non-hydrogen) atoms. The molecule has 0 fully saturated rings. The molecule has 1 heterocycles. The molecule has 0 aliphatic carbocycles. The van der Waals surface area contributed by atoms with Crippen LogP contribution < -0.4 is 5.32 Å². The Bertz CT molecular complexity index is 306. The first-order valence-electron chi connectivity index (χ1n) is 7.51. The normalized spacial score (nSPS) is 12.8. The maximum Gasteiger partial charge on any atom is 0.0950 e. The van der Waals surface area contributed by atoms with E-state index in [-0.39, 0.29) is 0 Å². The lowest BCUT2D eigenvalue weighted by atomic mass is 9.99. The number of hydrogen-bond donors (Lipinski definition) is 1. The van der Waals surface area contributed by atoms with Crippen LogP contribution in [0, 0.1) is 5.92 Å². The summed E-state index contributed by atoms with van der Waals surface area (Å²) in [5, 5.41) is 3.39. The number of rotatable bonds is 10. The van der Waals surface area contributed by atoms with Gasteiger partial charge in [-0.3, -0.25) is 0 Å². The van der Waals surface area contributed by atoms with Gasteiger partial charge in [-0.2, -0.15) is 0 Å². The van der Waals surface area contributed by atoms with Crippen molar-refractivity contribution in [2.75, 3.05) is 6.54 Å². The summed E-state index contributed by atoms with van der Waals surface area (Å²) >= 11 is 0. The Morgan fingerprint density at radius 2 is 2.11 bits per heavy atom. The van der Waals surface area contributed by atoms with Gasteiger partial charge in [0.1, 0.15) is 0 Å². The number of aromatic nitrogens is 2. The average Bonchev–Trinajstić information content (AvgIpc) is 2.82. The largest absolute Gasteiger partial charge is 0.337 e. The van der Waals surface area contributed by atoms with Gasteiger partial charge in [-0.05, 0) is 25.3 Å². The smallest absolute Gasteiger partial charge is 0.0950 e. The standard InChI is InChI=1S/C15H29N3/c1-4-7-8-14(6-3)11-18-12-15(17-13-18)10-16-9-5-2/h12-14,16H,4-11H2,1-3H3. The highest BCUT2D eigenvalue weighted by atomic mass is 15.0. The SMILES string of the molecule is CCCCC(CC)Cn1cnc(CNCCC)c1. The van der Waals surface area contributed by atoms with Crippen LogP contribution >= 0.6 is 0 Å². The molecule has 0 aliphatic rings. The zero-order chi connectivity index (χ0) is 13.2. The number of hydrogen-bond acceptors (Lipinski definition) is 2. The van der Waals surface area contributed by atoms with Crippen LogP contribution in [-0.4, -0.2) is 16.1 Å². The molecular weight excluding hydrogens is 222 g/mol. The Morgan fingerprint density at radius 1 is 1.28 bits per heavy atom. The Balaban J connectivity index is 2.36. The second-order valence-electron chi connectivity index (χ2n) is 5.16. The summed E-state index contributed by atoms with van der Waals surface area (Å²) in [5.41, 5.74) is 1.16. The molecule has 0 amide bonds. The highest BCUT2D eigenvalue weighted by Gasteiger charge is 2.07. The number of nitrogens with one attached hydrogen (secondary N) is 1. The summed E-state index contributed by atoms with van der Waals surface area (Å²) < 4.78 is 2.26. The predicted octanol–water partition coefficient (Wildman–Crippen LogP) is 3.60. The second kappa shape index (κ2) is 9.15. The fourth-order valence-corrected chi connectivity index (χ4v) is 2.21. The highest BCUT2D eigenvalue weighted by Crippen LogP contribution is 2.15. The van der Waals surface area contributed by atoms with E-state index in [4.69, 9.17) is 0 Å². The van der Waals surface area contributed by atoms with Gasteiger partial charge in [-0.25, -0.2) is 4.98 Å². The number of unbranched alkanes of at least 4 members (excludes halogenated alkanes) is 1. The minimum absolute atomic E-state index is 0.801. The number of nitrogens with zero attached hydrogens (tertiary/aromatic N) is 2. The lowest BCUT2D eigenvalue weighted by molar-refractivity contribution is 0.390. The Hall–Kier alpha value is -0.830. The van der Waals surface area contributed by atoms with Crippen LogP contribution in [0.5, 0.6) is 0 Å². The van der Waals surface area contributed by atoms with Crippen LogP contribution in [0.4, 0.5) is 0 Å². The molecule has 1 atom stereocenters. The third-order valence-corrected chi connectivity index (χ3v) is 3.43. The van der Waals surface area contributed by atoms with E-state index in [0.29, 0.717) is 0 Å². The quantitative estimate of drug-likeness (QED) is 0.644. The molecule has 0 bridgehead atoms. The molecule has 0 saturated carbocycles. The summed E-state index contributed by atoms with van der Waals surface area (Å²) in [6.45, 7) is 9.83. The molecule has 104 valence electrons. The van der Waals surface area contributed by atoms with Gasteiger partial charge in [0.2, 0.25) is 0 Å².